The fourth-order valence-corrected chi connectivity index (χ4v) is 4.96. The van der Waals surface area contributed by atoms with Crippen LogP contribution in [0.15, 0.2) is 18.2 Å². The number of ether oxygens (including phenoxy) is 1. The molecule has 0 spiro atoms. The van der Waals surface area contributed by atoms with Gasteiger partial charge in [0, 0.05) is 16.3 Å². The number of rotatable bonds is 5. The van der Waals surface area contributed by atoms with Gasteiger partial charge in [-0.25, -0.2) is 4.79 Å². The van der Waals surface area contributed by atoms with E-state index in [0.29, 0.717) is 12.1 Å². The summed E-state index contributed by atoms with van der Waals surface area (Å²) in [6.07, 6.45) is 2.90. The quantitative estimate of drug-likeness (QED) is 0.833. The van der Waals surface area contributed by atoms with E-state index in [1.165, 1.54) is 4.88 Å². The summed E-state index contributed by atoms with van der Waals surface area (Å²) < 4.78 is 5.34. The van der Waals surface area contributed by atoms with Crippen molar-refractivity contribution in [1.29, 1.82) is 0 Å². The predicted molar refractivity (Wildman–Crippen MR) is 102 cm³/mol. The number of aryl methyl sites for hydroxylation is 1. The highest BCUT2D eigenvalue weighted by Gasteiger charge is 2.33. The van der Waals surface area contributed by atoms with Crippen LogP contribution >= 0.6 is 11.3 Å². The van der Waals surface area contributed by atoms with Crippen LogP contribution in [-0.4, -0.2) is 25.2 Å². The number of carboxylic acid groups (broad SMARTS) is 1. The van der Waals surface area contributed by atoms with Crippen LogP contribution in [0.3, 0.4) is 0 Å². The van der Waals surface area contributed by atoms with Gasteiger partial charge in [-0.3, -0.25) is 0 Å². The van der Waals surface area contributed by atoms with Crippen LogP contribution in [0.1, 0.15) is 46.6 Å². The lowest BCUT2D eigenvalue weighted by atomic mass is 9.76. The molecule has 0 radical (unpaired) electrons. The summed E-state index contributed by atoms with van der Waals surface area (Å²) in [5.41, 5.74) is 3.74. The van der Waals surface area contributed by atoms with E-state index in [1.54, 1.807) is 18.4 Å². The first-order chi connectivity index (χ1) is 11.9. The van der Waals surface area contributed by atoms with Crippen molar-refractivity contribution in [1.82, 2.24) is 5.32 Å². The third kappa shape index (κ3) is 3.44. The van der Waals surface area contributed by atoms with Crippen molar-refractivity contribution in [3.8, 4) is 16.2 Å². The normalized spacial score (nSPS) is 15.7. The molecule has 0 unspecified atom stereocenters. The maximum atomic E-state index is 12.1. The lowest BCUT2D eigenvalue weighted by Crippen LogP contribution is -2.22. The summed E-state index contributed by atoms with van der Waals surface area (Å²) in [6.45, 7) is 5.11. The second-order valence-electron chi connectivity index (χ2n) is 7.41. The van der Waals surface area contributed by atoms with E-state index >= 15 is 0 Å². The Hall–Kier alpha value is -1.85. The zero-order valence-electron chi connectivity index (χ0n) is 15.2. The molecule has 3 rings (SSSR count). The molecule has 1 aliphatic carbocycles. The molecule has 1 aliphatic rings. The molecule has 134 valence electrons. The van der Waals surface area contributed by atoms with Crippen LogP contribution < -0.4 is 10.1 Å². The highest BCUT2D eigenvalue weighted by Crippen LogP contribution is 2.46. The SMILES string of the molecule is CNCc1cc(OC)ccc1-c1sc2c(c1C(=O)O)CC(C)(C)CC2. The van der Waals surface area contributed by atoms with Gasteiger partial charge in [0.25, 0.3) is 0 Å². The number of carboxylic acids is 1. The molecule has 1 aromatic carbocycles. The van der Waals surface area contributed by atoms with Crippen LogP contribution in [0.25, 0.3) is 10.4 Å². The maximum absolute atomic E-state index is 12.1. The van der Waals surface area contributed by atoms with Crippen LogP contribution in [0.4, 0.5) is 0 Å². The van der Waals surface area contributed by atoms with E-state index in [4.69, 9.17) is 4.74 Å². The van der Waals surface area contributed by atoms with Crippen molar-refractivity contribution in [3.05, 3.63) is 39.8 Å². The summed E-state index contributed by atoms with van der Waals surface area (Å²) in [5, 5.41) is 13.1. The number of carbonyl (C=O) groups is 1. The third-order valence-corrected chi connectivity index (χ3v) is 6.24. The fourth-order valence-electron chi connectivity index (χ4n) is 3.59. The van der Waals surface area contributed by atoms with Gasteiger partial charge in [-0.2, -0.15) is 0 Å². The van der Waals surface area contributed by atoms with Gasteiger partial charge in [0.15, 0.2) is 0 Å². The van der Waals surface area contributed by atoms with Gasteiger partial charge in [-0.05, 0) is 66.6 Å². The number of hydrogen-bond donors (Lipinski definition) is 2. The van der Waals surface area contributed by atoms with Crippen LogP contribution in [0, 0.1) is 5.41 Å². The summed E-state index contributed by atoms with van der Waals surface area (Å²) in [7, 11) is 3.54. The topological polar surface area (TPSA) is 58.6 Å². The molecule has 25 heavy (non-hydrogen) atoms. The molecule has 0 saturated carbocycles. The van der Waals surface area contributed by atoms with Crippen LogP contribution in [0.2, 0.25) is 0 Å². The Morgan fingerprint density at radius 3 is 2.80 bits per heavy atom. The molecule has 0 saturated heterocycles. The third-order valence-electron chi connectivity index (χ3n) is 4.91. The molecule has 1 heterocycles. The maximum Gasteiger partial charge on any atom is 0.337 e. The molecular formula is C20H25NO3S. The second kappa shape index (κ2) is 6.81. The van der Waals surface area contributed by atoms with Gasteiger partial charge < -0.3 is 15.2 Å². The van der Waals surface area contributed by atoms with E-state index in [0.717, 1.165) is 46.6 Å². The van der Waals surface area contributed by atoms with Crippen LogP contribution in [-0.2, 0) is 19.4 Å². The van der Waals surface area contributed by atoms with Gasteiger partial charge in [0.2, 0.25) is 0 Å². The lowest BCUT2D eigenvalue weighted by Gasteiger charge is -2.29. The molecule has 4 nitrogen and oxygen atoms in total. The minimum atomic E-state index is -0.823. The number of thiophene rings is 1. The predicted octanol–water partition coefficient (Wildman–Crippen LogP) is 4.36. The number of hydrogen-bond acceptors (Lipinski definition) is 4. The Kier molecular flexibility index (Phi) is 4.89. The summed E-state index contributed by atoms with van der Waals surface area (Å²) >= 11 is 1.65. The van der Waals surface area contributed by atoms with Gasteiger partial charge in [0.1, 0.15) is 5.75 Å². The molecular weight excluding hydrogens is 334 g/mol. The molecule has 0 amide bonds. The monoisotopic (exact) mass is 359 g/mol. The standard InChI is InChI=1S/C20H25NO3S/c1-20(2)8-7-16-15(10-20)17(19(22)23)18(25-16)14-6-5-13(24-4)9-12(14)11-21-3/h5-6,9,21H,7-8,10-11H2,1-4H3,(H,22,23). The minimum absolute atomic E-state index is 0.156. The molecule has 1 aromatic heterocycles. The van der Waals surface area contributed by atoms with E-state index < -0.39 is 5.97 Å². The average molecular weight is 359 g/mol. The number of aromatic carboxylic acids is 1. The second-order valence-corrected chi connectivity index (χ2v) is 8.51. The Morgan fingerprint density at radius 2 is 2.16 bits per heavy atom. The molecule has 0 fully saturated rings. The Morgan fingerprint density at radius 1 is 1.40 bits per heavy atom. The summed E-state index contributed by atoms with van der Waals surface area (Å²) in [5.74, 6) is -0.0373. The van der Waals surface area contributed by atoms with Crippen molar-refractivity contribution in [2.45, 2.75) is 39.7 Å². The van der Waals surface area contributed by atoms with Gasteiger partial charge in [0.05, 0.1) is 12.7 Å². The largest absolute Gasteiger partial charge is 0.497 e. The zero-order chi connectivity index (χ0) is 18.2. The molecule has 0 atom stereocenters. The molecule has 0 bridgehead atoms. The van der Waals surface area contributed by atoms with Gasteiger partial charge in [-0.1, -0.05) is 13.8 Å². The van der Waals surface area contributed by atoms with Crippen molar-refractivity contribution in [3.63, 3.8) is 0 Å². The molecule has 2 aromatic rings. The average Bonchev–Trinajstić information content (AvgIpc) is 2.92. The van der Waals surface area contributed by atoms with Crippen molar-refractivity contribution in [2.75, 3.05) is 14.2 Å². The van der Waals surface area contributed by atoms with Crippen molar-refractivity contribution < 1.29 is 14.6 Å². The van der Waals surface area contributed by atoms with Crippen molar-refractivity contribution in [2.24, 2.45) is 5.41 Å². The Balaban J connectivity index is 2.18. The van der Waals surface area contributed by atoms with Crippen molar-refractivity contribution >= 4 is 17.3 Å². The first kappa shape index (κ1) is 18.0. The highest BCUT2D eigenvalue weighted by atomic mass is 32.1. The summed E-state index contributed by atoms with van der Waals surface area (Å²) in [6, 6.07) is 5.88. The Bertz CT molecular complexity index is 808. The molecule has 5 heteroatoms. The number of methoxy groups -OCH3 is 1. The Labute approximate surface area is 152 Å². The fraction of sp³-hybridized carbons (Fsp3) is 0.450. The zero-order valence-corrected chi connectivity index (χ0v) is 16.0. The van der Waals surface area contributed by atoms with Gasteiger partial charge in [-0.15, -0.1) is 11.3 Å². The van der Waals surface area contributed by atoms with E-state index in [2.05, 4.69) is 19.2 Å². The van der Waals surface area contributed by atoms with E-state index in [1.807, 2.05) is 25.2 Å². The number of nitrogens with one attached hydrogen (secondary N) is 1. The molecule has 2 N–H and O–H groups in total. The highest BCUT2D eigenvalue weighted by molar-refractivity contribution is 7.16. The first-order valence-electron chi connectivity index (χ1n) is 8.56. The van der Waals surface area contributed by atoms with Gasteiger partial charge >= 0.3 is 5.97 Å². The van der Waals surface area contributed by atoms with E-state index in [-0.39, 0.29) is 5.41 Å². The minimum Gasteiger partial charge on any atom is -0.497 e. The van der Waals surface area contributed by atoms with Crippen LogP contribution in [0.5, 0.6) is 5.75 Å². The molecule has 0 aliphatic heterocycles. The smallest absolute Gasteiger partial charge is 0.337 e. The summed E-state index contributed by atoms with van der Waals surface area (Å²) in [4.78, 5) is 14.2. The van der Waals surface area contributed by atoms with E-state index in [9.17, 15) is 9.90 Å². The number of benzene rings is 1. The first-order valence-corrected chi connectivity index (χ1v) is 9.37. The number of fused-ring (bicyclic) bond motifs is 1. The lowest BCUT2D eigenvalue weighted by molar-refractivity contribution is 0.0696.